The monoisotopic (exact) mass is 312 g/mol. The molecule has 0 aliphatic carbocycles. The van der Waals surface area contributed by atoms with Crippen molar-refractivity contribution in [2.75, 3.05) is 18.9 Å². The van der Waals surface area contributed by atoms with Crippen molar-refractivity contribution in [3.05, 3.63) is 24.3 Å². The summed E-state index contributed by atoms with van der Waals surface area (Å²) >= 11 is 0. The molecule has 2 N–H and O–H groups in total. The molecule has 1 aliphatic heterocycles. The van der Waals surface area contributed by atoms with Crippen molar-refractivity contribution >= 4 is 21.7 Å². The van der Waals surface area contributed by atoms with Crippen LogP contribution in [0.5, 0.6) is 0 Å². The molecule has 0 saturated carbocycles. The Bertz CT molecular complexity index is 615. The van der Waals surface area contributed by atoms with Gasteiger partial charge < -0.3 is 10.5 Å². The van der Waals surface area contributed by atoms with E-state index in [1.807, 2.05) is 0 Å². The number of nitrogens with zero attached hydrogens (tertiary/aromatic N) is 1. The summed E-state index contributed by atoms with van der Waals surface area (Å²) in [4.78, 5) is 12.1. The van der Waals surface area contributed by atoms with E-state index in [0.29, 0.717) is 18.7 Å². The van der Waals surface area contributed by atoms with E-state index in [1.54, 1.807) is 19.1 Å². The van der Waals surface area contributed by atoms with Crippen molar-refractivity contribution in [2.45, 2.75) is 37.1 Å². The zero-order valence-corrected chi connectivity index (χ0v) is 12.8. The Morgan fingerprint density at radius 2 is 2.19 bits per heavy atom. The van der Waals surface area contributed by atoms with E-state index in [9.17, 15) is 13.2 Å². The van der Waals surface area contributed by atoms with Crippen molar-refractivity contribution in [3.8, 4) is 0 Å². The van der Waals surface area contributed by atoms with Crippen LogP contribution in [0, 0.1) is 0 Å². The van der Waals surface area contributed by atoms with E-state index < -0.39 is 22.0 Å². The number of esters is 1. The molecule has 2 rings (SSSR count). The van der Waals surface area contributed by atoms with Gasteiger partial charge in [-0.05, 0) is 44.4 Å². The summed E-state index contributed by atoms with van der Waals surface area (Å²) in [6, 6.07) is 5.36. The minimum atomic E-state index is -3.74. The third kappa shape index (κ3) is 3.36. The quantitative estimate of drug-likeness (QED) is 0.670. The molecule has 1 saturated heterocycles. The van der Waals surface area contributed by atoms with Crippen LogP contribution in [0.1, 0.15) is 26.2 Å². The lowest BCUT2D eigenvalue weighted by Crippen LogP contribution is -2.48. The molecule has 0 amide bonds. The smallest absolute Gasteiger partial charge is 0.324 e. The van der Waals surface area contributed by atoms with E-state index >= 15 is 0 Å². The summed E-state index contributed by atoms with van der Waals surface area (Å²) in [5.74, 6) is -0.482. The summed E-state index contributed by atoms with van der Waals surface area (Å²) in [7, 11) is -3.74. The van der Waals surface area contributed by atoms with Gasteiger partial charge in [-0.15, -0.1) is 0 Å². The van der Waals surface area contributed by atoms with Crippen LogP contribution in [0.15, 0.2) is 29.2 Å². The van der Waals surface area contributed by atoms with Gasteiger partial charge in [0.25, 0.3) is 0 Å². The minimum absolute atomic E-state index is 0.110. The largest absolute Gasteiger partial charge is 0.465 e. The van der Waals surface area contributed by atoms with Crippen molar-refractivity contribution in [1.82, 2.24) is 4.31 Å². The second-order valence-electron chi connectivity index (χ2n) is 4.95. The van der Waals surface area contributed by atoms with Gasteiger partial charge in [0, 0.05) is 12.2 Å². The molecule has 1 unspecified atom stereocenters. The molecule has 0 aromatic heterocycles. The molecule has 0 radical (unpaired) electrons. The molecule has 0 spiro atoms. The molecule has 21 heavy (non-hydrogen) atoms. The van der Waals surface area contributed by atoms with Crippen molar-refractivity contribution in [1.29, 1.82) is 0 Å². The molecular weight excluding hydrogens is 292 g/mol. The van der Waals surface area contributed by atoms with E-state index in [4.69, 9.17) is 10.5 Å². The fourth-order valence-electron chi connectivity index (χ4n) is 2.48. The lowest BCUT2D eigenvalue weighted by atomic mass is 10.1. The Kier molecular flexibility index (Phi) is 4.84. The summed E-state index contributed by atoms with van der Waals surface area (Å²) in [5, 5.41) is 0. The zero-order valence-electron chi connectivity index (χ0n) is 12.0. The second kappa shape index (κ2) is 6.44. The summed E-state index contributed by atoms with van der Waals surface area (Å²) < 4.78 is 31.7. The number of carbonyl (C=O) groups is 1. The third-order valence-corrected chi connectivity index (χ3v) is 5.38. The summed E-state index contributed by atoms with van der Waals surface area (Å²) in [6.07, 6.45) is 2.03. The number of nitrogens with two attached hydrogens (primary N) is 1. The lowest BCUT2D eigenvalue weighted by molar-refractivity contribution is -0.148. The van der Waals surface area contributed by atoms with Crippen molar-refractivity contribution < 1.29 is 17.9 Å². The maximum atomic E-state index is 12.7. The number of sulfonamides is 1. The van der Waals surface area contributed by atoms with E-state index in [0.717, 1.165) is 12.8 Å². The Labute approximate surface area is 124 Å². The molecule has 1 aliphatic rings. The molecule has 1 heterocycles. The van der Waals surface area contributed by atoms with Gasteiger partial charge >= 0.3 is 5.97 Å². The highest BCUT2D eigenvalue weighted by molar-refractivity contribution is 7.89. The third-order valence-electron chi connectivity index (χ3n) is 3.48. The number of benzene rings is 1. The first-order chi connectivity index (χ1) is 9.96. The average molecular weight is 312 g/mol. The van der Waals surface area contributed by atoms with E-state index in [-0.39, 0.29) is 11.5 Å². The highest BCUT2D eigenvalue weighted by Gasteiger charge is 2.38. The number of carbonyl (C=O) groups excluding carboxylic acids is 1. The minimum Gasteiger partial charge on any atom is -0.465 e. The predicted octanol–water partition coefficient (Wildman–Crippen LogP) is 1.38. The summed E-state index contributed by atoms with van der Waals surface area (Å²) in [6.45, 7) is 2.26. The molecule has 6 nitrogen and oxygen atoms in total. The number of hydrogen-bond acceptors (Lipinski definition) is 5. The van der Waals surface area contributed by atoms with E-state index in [2.05, 4.69) is 0 Å². The molecule has 0 bridgehead atoms. The number of rotatable bonds is 4. The molecule has 1 fully saturated rings. The van der Waals surface area contributed by atoms with Crippen LogP contribution in [-0.4, -0.2) is 37.9 Å². The van der Waals surface area contributed by atoms with Crippen molar-refractivity contribution in [3.63, 3.8) is 0 Å². The normalized spacial score (nSPS) is 20.1. The average Bonchev–Trinajstić information content (AvgIpc) is 2.47. The van der Waals surface area contributed by atoms with Gasteiger partial charge in [-0.2, -0.15) is 4.31 Å². The van der Waals surface area contributed by atoms with Gasteiger partial charge in [-0.1, -0.05) is 6.07 Å². The Balaban J connectivity index is 2.34. The predicted molar refractivity (Wildman–Crippen MR) is 79.0 cm³/mol. The van der Waals surface area contributed by atoms with Gasteiger partial charge in [-0.25, -0.2) is 8.42 Å². The zero-order chi connectivity index (χ0) is 15.5. The first-order valence-electron chi connectivity index (χ1n) is 7.01. The fourth-order valence-corrected chi connectivity index (χ4v) is 4.18. The number of hydrogen-bond donors (Lipinski definition) is 1. The highest BCUT2D eigenvalue weighted by Crippen LogP contribution is 2.26. The van der Waals surface area contributed by atoms with Crippen LogP contribution in [0.3, 0.4) is 0 Å². The van der Waals surface area contributed by atoms with Crippen LogP contribution in [0.2, 0.25) is 0 Å². The van der Waals surface area contributed by atoms with Crippen LogP contribution < -0.4 is 5.73 Å². The van der Waals surface area contributed by atoms with Gasteiger partial charge in [0.2, 0.25) is 10.0 Å². The van der Waals surface area contributed by atoms with Gasteiger partial charge in [0.05, 0.1) is 11.5 Å². The van der Waals surface area contributed by atoms with E-state index in [1.165, 1.54) is 16.4 Å². The number of piperidine rings is 1. The second-order valence-corrected chi connectivity index (χ2v) is 6.84. The van der Waals surface area contributed by atoms with Crippen LogP contribution in [-0.2, 0) is 19.6 Å². The fraction of sp³-hybridized carbons (Fsp3) is 0.500. The lowest BCUT2D eigenvalue weighted by Gasteiger charge is -2.32. The molecule has 7 heteroatoms. The van der Waals surface area contributed by atoms with Gasteiger partial charge in [0.15, 0.2) is 0 Å². The first-order valence-corrected chi connectivity index (χ1v) is 8.45. The van der Waals surface area contributed by atoms with Gasteiger partial charge in [0.1, 0.15) is 6.04 Å². The van der Waals surface area contributed by atoms with Crippen LogP contribution in [0.4, 0.5) is 5.69 Å². The molecule has 1 atom stereocenters. The van der Waals surface area contributed by atoms with Crippen LogP contribution in [0.25, 0.3) is 0 Å². The molecule has 116 valence electrons. The number of anilines is 1. The van der Waals surface area contributed by atoms with Crippen LogP contribution >= 0.6 is 0 Å². The topological polar surface area (TPSA) is 89.7 Å². The molecule has 1 aromatic carbocycles. The van der Waals surface area contributed by atoms with Crippen molar-refractivity contribution in [2.24, 2.45) is 0 Å². The Morgan fingerprint density at radius 3 is 2.86 bits per heavy atom. The SMILES string of the molecule is CCOC(=O)C1CCCCN1S(=O)(=O)c1cccc(N)c1. The molecular formula is C14H20N2O4S. The Morgan fingerprint density at radius 1 is 1.43 bits per heavy atom. The number of nitrogen functional groups attached to an aromatic ring is 1. The highest BCUT2D eigenvalue weighted by atomic mass is 32.2. The van der Waals surface area contributed by atoms with Gasteiger partial charge in [-0.3, -0.25) is 4.79 Å². The number of ether oxygens (including phenoxy) is 1. The molecule has 1 aromatic rings. The summed E-state index contributed by atoms with van der Waals surface area (Å²) in [5.41, 5.74) is 6.03. The first kappa shape index (κ1) is 15.8. The maximum absolute atomic E-state index is 12.7. The maximum Gasteiger partial charge on any atom is 0.324 e. The standard InChI is InChI=1S/C14H20N2O4S/c1-2-20-14(17)13-8-3-4-9-16(13)21(18,19)12-7-5-6-11(15)10-12/h5-7,10,13H,2-4,8-9,15H2,1H3. The Hall–Kier alpha value is -1.60.